The highest BCUT2D eigenvalue weighted by Gasteiger charge is 2.38. The first-order valence-corrected chi connectivity index (χ1v) is 7.09. The van der Waals surface area contributed by atoms with Gasteiger partial charge in [-0.15, -0.1) is 0 Å². The van der Waals surface area contributed by atoms with Crippen molar-refractivity contribution in [1.82, 2.24) is 10.2 Å². The van der Waals surface area contributed by atoms with Crippen LogP contribution in [0.3, 0.4) is 0 Å². The van der Waals surface area contributed by atoms with Gasteiger partial charge in [0.2, 0.25) is 11.8 Å². The molecule has 0 aromatic heterocycles. The molecule has 22 heavy (non-hydrogen) atoms. The number of hydrogen-bond donors (Lipinski definition) is 1. The van der Waals surface area contributed by atoms with Crippen LogP contribution in [-0.4, -0.2) is 50.4 Å². The van der Waals surface area contributed by atoms with Crippen LogP contribution in [0.15, 0.2) is 18.2 Å². The molecule has 2 rings (SSSR count). The summed E-state index contributed by atoms with van der Waals surface area (Å²) in [6.07, 6.45) is 0.294. The van der Waals surface area contributed by atoms with Crippen molar-refractivity contribution in [2.75, 3.05) is 38.6 Å². The molecule has 0 spiro atoms. The molecule has 0 radical (unpaired) electrons. The van der Waals surface area contributed by atoms with Crippen LogP contribution in [0.1, 0.15) is 6.42 Å². The van der Waals surface area contributed by atoms with Crippen LogP contribution in [-0.2, 0) is 9.59 Å². The van der Waals surface area contributed by atoms with E-state index in [9.17, 15) is 18.4 Å². The zero-order valence-corrected chi connectivity index (χ0v) is 12.6. The molecule has 1 aromatic carbocycles. The number of amides is 2. The Morgan fingerprint density at radius 3 is 2.82 bits per heavy atom. The molecule has 1 fully saturated rings. The van der Waals surface area contributed by atoms with Gasteiger partial charge in [0.15, 0.2) is 0 Å². The number of halogens is 2. The maximum absolute atomic E-state index is 13.7. The van der Waals surface area contributed by atoms with E-state index in [1.165, 1.54) is 0 Å². The van der Waals surface area contributed by atoms with E-state index in [2.05, 4.69) is 5.32 Å². The topological polar surface area (TPSA) is 52.7 Å². The van der Waals surface area contributed by atoms with Crippen LogP contribution in [0, 0.1) is 17.6 Å². The van der Waals surface area contributed by atoms with Gasteiger partial charge in [-0.1, -0.05) is 0 Å². The number of carbonyl (C=O) groups is 2. The molecule has 120 valence electrons. The highest BCUT2D eigenvalue weighted by Crippen LogP contribution is 2.28. The third kappa shape index (κ3) is 3.59. The van der Waals surface area contributed by atoms with Gasteiger partial charge in [-0.05, 0) is 32.6 Å². The van der Waals surface area contributed by atoms with Crippen LogP contribution in [0.4, 0.5) is 14.5 Å². The monoisotopic (exact) mass is 311 g/mol. The molecule has 1 aliphatic heterocycles. The van der Waals surface area contributed by atoms with E-state index in [0.29, 0.717) is 19.5 Å². The Morgan fingerprint density at radius 2 is 2.14 bits per heavy atom. The first kappa shape index (κ1) is 16.4. The minimum Gasteiger partial charge on any atom is -0.354 e. The molecular formula is C15H19F2N3O2. The van der Waals surface area contributed by atoms with Crippen molar-refractivity contribution in [3.63, 3.8) is 0 Å². The van der Waals surface area contributed by atoms with Gasteiger partial charge in [0.05, 0.1) is 5.69 Å². The quantitative estimate of drug-likeness (QED) is 0.825. The van der Waals surface area contributed by atoms with E-state index >= 15 is 0 Å². The van der Waals surface area contributed by atoms with E-state index in [4.69, 9.17) is 0 Å². The molecule has 5 nitrogen and oxygen atoms in total. The largest absolute Gasteiger partial charge is 0.354 e. The van der Waals surface area contributed by atoms with Crippen molar-refractivity contribution in [1.29, 1.82) is 0 Å². The summed E-state index contributed by atoms with van der Waals surface area (Å²) >= 11 is 0. The highest BCUT2D eigenvalue weighted by molar-refractivity contribution is 6.09. The van der Waals surface area contributed by atoms with E-state index < -0.39 is 23.5 Å². The van der Waals surface area contributed by atoms with Crippen LogP contribution >= 0.6 is 0 Å². The average molecular weight is 311 g/mol. The number of rotatable bonds is 5. The van der Waals surface area contributed by atoms with Crippen molar-refractivity contribution in [2.24, 2.45) is 5.92 Å². The van der Waals surface area contributed by atoms with E-state index in [-0.39, 0.29) is 18.1 Å². The number of anilines is 1. The second-order valence-corrected chi connectivity index (χ2v) is 5.52. The molecule has 1 aromatic rings. The van der Waals surface area contributed by atoms with Crippen molar-refractivity contribution in [3.05, 3.63) is 29.8 Å². The molecule has 1 unspecified atom stereocenters. The fourth-order valence-electron chi connectivity index (χ4n) is 2.38. The Hall–Kier alpha value is -2.02. The lowest BCUT2D eigenvalue weighted by atomic mass is 10.1. The van der Waals surface area contributed by atoms with E-state index in [0.717, 1.165) is 23.1 Å². The summed E-state index contributed by atoms with van der Waals surface area (Å²) in [5.41, 5.74) is -0.117. The zero-order valence-electron chi connectivity index (χ0n) is 12.6. The summed E-state index contributed by atoms with van der Waals surface area (Å²) in [6.45, 7) is 1.30. The number of hydrogen-bond acceptors (Lipinski definition) is 3. The van der Waals surface area contributed by atoms with Crippen molar-refractivity contribution in [3.8, 4) is 0 Å². The van der Waals surface area contributed by atoms with Crippen molar-refractivity contribution >= 4 is 17.5 Å². The fourth-order valence-corrected chi connectivity index (χ4v) is 2.38. The average Bonchev–Trinajstić information content (AvgIpc) is 2.83. The summed E-state index contributed by atoms with van der Waals surface area (Å²) in [7, 11) is 3.75. The number of nitrogens with one attached hydrogen (secondary N) is 1. The summed E-state index contributed by atoms with van der Waals surface area (Å²) in [6, 6.07) is 2.94. The van der Waals surface area contributed by atoms with Gasteiger partial charge in [0.25, 0.3) is 0 Å². The minimum atomic E-state index is -0.843. The third-order valence-corrected chi connectivity index (χ3v) is 3.58. The number of carbonyl (C=O) groups excluding carboxylic acids is 2. The lowest BCUT2D eigenvalue weighted by Crippen LogP contribution is -2.39. The van der Waals surface area contributed by atoms with Gasteiger partial charge < -0.3 is 15.1 Å². The molecule has 1 aliphatic rings. The van der Waals surface area contributed by atoms with Crippen LogP contribution in [0.2, 0.25) is 0 Å². The van der Waals surface area contributed by atoms with Crippen molar-refractivity contribution < 1.29 is 18.4 Å². The normalized spacial score (nSPS) is 18.1. The molecule has 1 atom stereocenters. The molecule has 1 saturated heterocycles. The standard InChI is InChI=1S/C15H19F2N3O2/c1-19(2)8-6-18-14(21)11-5-7-20(15(11)22)13-9-10(16)3-4-12(13)17/h3-4,9,11H,5-8H2,1-2H3,(H,18,21). The molecule has 2 amide bonds. The molecule has 0 aliphatic carbocycles. The predicted molar refractivity (Wildman–Crippen MR) is 78.4 cm³/mol. The summed E-state index contributed by atoms with van der Waals surface area (Å²) in [4.78, 5) is 27.3. The lowest BCUT2D eigenvalue weighted by Gasteiger charge is -2.18. The zero-order chi connectivity index (χ0) is 16.3. The Balaban J connectivity index is 2.03. The van der Waals surface area contributed by atoms with Crippen LogP contribution in [0.5, 0.6) is 0 Å². The lowest BCUT2D eigenvalue weighted by molar-refractivity contribution is -0.132. The fraction of sp³-hybridized carbons (Fsp3) is 0.467. The molecule has 0 bridgehead atoms. The molecule has 7 heteroatoms. The predicted octanol–water partition coefficient (Wildman–Crippen LogP) is 0.995. The Kier molecular flexibility index (Phi) is 5.07. The summed E-state index contributed by atoms with van der Waals surface area (Å²) in [5.74, 6) is -3.01. The van der Waals surface area contributed by atoms with Crippen LogP contribution in [0.25, 0.3) is 0 Å². The number of likely N-dealkylation sites (N-methyl/N-ethyl adjacent to an activating group) is 1. The Labute approximate surface area is 127 Å². The molecule has 1 heterocycles. The first-order valence-electron chi connectivity index (χ1n) is 7.09. The van der Waals surface area contributed by atoms with Crippen molar-refractivity contribution in [2.45, 2.75) is 6.42 Å². The second-order valence-electron chi connectivity index (χ2n) is 5.52. The van der Waals surface area contributed by atoms with Gasteiger partial charge in [-0.2, -0.15) is 0 Å². The number of nitrogens with zero attached hydrogens (tertiary/aromatic N) is 2. The molecule has 1 N–H and O–H groups in total. The van der Waals surface area contributed by atoms with Crippen LogP contribution < -0.4 is 10.2 Å². The first-order chi connectivity index (χ1) is 10.4. The van der Waals surface area contributed by atoms with Gasteiger partial charge in [-0.25, -0.2) is 8.78 Å². The van der Waals surface area contributed by atoms with E-state index in [1.807, 2.05) is 19.0 Å². The van der Waals surface area contributed by atoms with Gasteiger partial charge in [0.1, 0.15) is 17.6 Å². The summed E-state index contributed by atoms with van der Waals surface area (Å²) < 4.78 is 27.0. The maximum atomic E-state index is 13.7. The second kappa shape index (κ2) is 6.83. The number of benzene rings is 1. The highest BCUT2D eigenvalue weighted by atomic mass is 19.1. The molecular weight excluding hydrogens is 292 g/mol. The molecule has 0 saturated carbocycles. The Morgan fingerprint density at radius 1 is 1.41 bits per heavy atom. The third-order valence-electron chi connectivity index (χ3n) is 3.58. The Bertz CT molecular complexity index is 578. The minimum absolute atomic E-state index is 0.117. The maximum Gasteiger partial charge on any atom is 0.239 e. The van der Waals surface area contributed by atoms with Gasteiger partial charge in [-0.3, -0.25) is 9.59 Å². The summed E-state index contributed by atoms with van der Waals surface area (Å²) in [5, 5.41) is 2.69. The smallest absolute Gasteiger partial charge is 0.239 e. The van der Waals surface area contributed by atoms with E-state index in [1.54, 1.807) is 0 Å². The van der Waals surface area contributed by atoms with Gasteiger partial charge in [0, 0.05) is 25.7 Å². The van der Waals surface area contributed by atoms with Gasteiger partial charge >= 0.3 is 0 Å². The SMILES string of the molecule is CN(C)CCNC(=O)C1CCN(c2cc(F)ccc2F)C1=O.